The number of benzene rings is 5. The van der Waals surface area contributed by atoms with Crippen molar-refractivity contribution in [3.8, 4) is 17.2 Å². The Labute approximate surface area is 344 Å². The van der Waals surface area contributed by atoms with Gasteiger partial charge >= 0.3 is 0 Å². The molecule has 0 spiro atoms. The van der Waals surface area contributed by atoms with Crippen molar-refractivity contribution in [1.82, 2.24) is 16.0 Å². The average Bonchev–Trinajstić information content (AvgIpc) is 3.27. The zero-order valence-electron chi connectivity index (χ0n) is 32.7. The molecule has 0 aliphatic carbocycles. The summed E-state index contributed by atoms with van der Waals surface area (Å²) in [5.74, 6) is -0.0728. The van der Waals surface area contributed by atoms with E-state index in [2.05, 4.69) is 16.0 Å². The second-order valence-electron chi connectivity index (χ2n) is 13.9. The Hall–Kier alpha value is -6.47. The van der Waals surface area contributed by atoms with Crippen LogP contribution in [0.3, 0.4) is 0 Å². The van der Waals surface area contributed by atoms with Gasteiger partial charge < -0.3 is 45.5 Å². The normalized spacial score (nSPS) is 12.5. The van der Waals surface area contributed by atoms with Crippen LogP contribution in [-0.2, 0) is 33.6 Å². The fraction of sp³-hybridized carbons (Fsp3) is 0.255. The molecule has 308 valence electrons. The fourth-order valence-electron chi connectivity index (χ4n) is 6.16. The highest BCUT2D eigenvalue weighted by Gasteiger charge is 2.16. The summed E-state index contributed by atoms with van der Waals surface area (Å²) >= 11 is 0. The number of amides is 3. The summed E-state index contributed by atoms with van der Waals surface area (Å²) in [7, 11) is 0. The summed E-state index contributed by atoms with van der Waals surface area (Å²) in [4.78, 5) is 38.3. The highest BCUT2D eigenvalue weighted by Crippen LogP contribution is 2.25. The Balaban J connectivity index is 1.20. The number of hydrogen-bond acceptors (Lipinski definition) is 9. The van der Waals surface area contributed by atoms with Crippen LogP contribution >= 0.6 is 0 Å². The molecule has 0 saturated carbocycles. The third-order valence-corrected chi connectivity index (χ3v) is 9.09. The molecule has 12 nitrogen and oxygen atoms in total. The molecule has 0 aliphatic rings. The van der Waals surface area contributed by atoms with Gasteiger partial charge in [-0.25, -0.2) is 0 Å². The predicted octanol–water partition coefficient (Wildman–Crippen LogP) is 4.15. The van der Waals surface area contributed by atoms with E-state index in [1.54, 1.807) is 30.3 Å². The first-order chi connectivity index (χ1) is 28.8. The lowest BCUT2D eigenvalue weighted by Gasteiger charge is -2.18. The van der Waals surface area contributed by atoms with Gasteiger partial charge in [0.15, 0.2) is 19.8 Å². The number of aliphatic hydroxyl groups excluding tert-OH is 3. The molecule has 5 aromatic carbocycles. The van der Waals surface area contributed by atoms with Gasteiger partial charge in [-0.15, -0.1) is 0 Å². The number of ether oxygens (including phenoxy) is 3. The standard InChI is InChI=1S/C47H51N3O9/c51-28-39(22-35-10-4-1-5-11-35)48-45(54)31-57-42-20-18-34(19-21-42)16-17-38-25-43(58-32-46(55)49-40(29-52)23-36-12-6-2-7-13-36)27-44(26-38)59-33-47(56)50-41(30-53)24-37-14-8-3-9-15-37/h1-21,25-27,39-41,51-53H,22-24,28-33H2,(H,48,54)(H,49,55)(H,50,56)/b17-16+. The second kappa shape index (κ2) is 23.7. The van der Waals surface area contributed by atoms with E-state index in [4.69, 9.17) is 14.2 Å². The van der Waals surface area contributed by atoms with Crippen LogP contribution in [0, 0.1) is 0 Å². The van der Waals surface area contributed by atoms with Gasteiger partial charge in [0.05, 0.1) is 37.9 Å². The molecule has 3 atom stereocenters. The lowest BCUT2D eigenvalue weighted by atomic mass is 10.1. The van der Waals surface area contributed by atoms with Gasteiger partial charge in [-0.05, 0) is 71.3 Å². The van der Waals surface area contributed by atoms with E-state index in [9.17, 15) is 29.7 Å². The molecule has 0 aliphatic heterocycles. The molecule has 6 N–H and O–H groups in total. The van der Waals surface area contributed by atoms with Crippen molar-refractivity contribution in [2.45, 2.75) is 37.4 Å². The Kier molecular flexibility index (Phi) is 17.5. The van der Waals surface area contributed by atoms with Crippen molar-refractivity contribution in [2.75, 3.05) is 39.6 Å². The molecule has 3 amide bonds. The van der Waals surface area contributed by atoms with Crippen molar-refractivity contribution in [1.29, 1.82) is 0 Å². The summed E-state index contributed by atoms with van der Waals surface area (Å²) in [6.07, 6.45) is 5.06. The van der Waals surface area contributed by atoms with E-state index in [0.29, 0.717) is 42.1 Å². The quantitative estimate of drug-likeness (QED) is 0.0531. The largest absolute Gasteiger partial charge is 0.484 e. The van der Waals surface area contributed by atoms with Crippen molar-refractivity contribution in [3.63, 3.8) is 0 Å². The number of aliphatic hydroxyl groups is 3. The minimum Gasteiger partial charge on any atom is -0.484 e. The maximum absolute atomic E-state index is 12.9. The van der Waals surface area contributed by atoms with E-state index < -0.39 is 29.9 Å². The van der Waals surface area contributed by atoms with Crippen LogP contribution in [0.1, 0.15) is 27.8 Å². The molecule has 0 bridgehead atoms. The first kappa shape index (κ1) is 43.6. The van der Waals surface area contributed by atoms with Gasteiger partial charge in [0.1, 0.15) is 17.2 Å². The number of carbonyl (C=O) groups excluding carboxylic acids is 3. The van der Waals surface area contributed by atoms with Crippen LogP contribution < -0.4 is 30.2 Å². The summed E-state index contributed by atoms with van der Waals surface area (Å²) in [5, 5.41) is 37.9. The third kappa shape index (κ3) is 15.8. The zero-order chi connectivity index (χ0) is 41.7. The van der Waals surface area contributed by atoms with Crippen LogP contribution in [0.25, 0.3) is 12.2 Å². The van der Waals surface area contributed by atoms with Gasteiger partial charge in [-0.1, -0.05) is 115 Å². The molecule has 12 heteroatoms. The van der Waals surface area contributed by atoms with Crippen LogP contribution in [0.2, 0.25) is 0 Å². The van der Waals surface area contributed by atoms with Gasteiger partial charge in [-0.2, -0.15) is 0 Å². The van der Waals surface area contributed by atoms with Crippen molar-refractivity contribution >= 4 is 29.9 Å². The van der Waals surface area contributed by atoms with E-state index in [-0.39, 0.29) is 45.5 Å². The molecule has 5 aromatic rings. The van der Waals surface area contributed by atoms with Crippen molar-refractivity contribution in [2.24, 2.45) is 0 Å². The molecule has 0 aromatic heterocycles. The Morgan fingerprint density at radius 1 is 0.441 bits per heavy atom. The molecule has 0 radical (unpaired) electrons. The lowest BCUT2D eigenvalue weighted by molar-refractivity contribution is -0.124. The zero-order valence-corrected chi connectivity index (χ0v) is 32.7. The first-order valence-electron chi connectivity index (χ1n) is 19.4. The van der Waals surface area contributed by atoms with E-state index >= 15 is 0 Å². The smallest absolute Gasteiger partial charge is 0.258 e. The van der Waals surface area contributed by atoms with Crippen molar-refractivity contribution < 1.29 is 43.9 Å². The number of carbonyl (C=O) groups is 3. The fourth-order valence-corrected chi connectivity index (χ4v) is 6.16. The predicted molar refractivity (Wildman–Crippen MR) is 226 cm³/mol. The molecule has 0 saturated heterocycles. The topological polar surface area (TPSA) is 176 Å². The number of nitrogens with one attached hydrogen (secondary N) is 3. The summed E-state index contributed by atoms with van der Waals surface area (Å²) in [6.45, 7) is -1.56. The van der Waals surface area contributed by atoms with E-state index in [1.807, 2.05) is 115 Å². The maximum Gasteiger partial charge on any atom is 0.258 e. The van der Waals surface area contributed by atoms with Crippen LogP contribution in [0.15, 0.2) is 133 Å². The van der Waals surface area contributed by atoms with Crippen molar-refractivity contribution in [3.05, 3.63) is 161 Å². The third-order valence-electron chi connectivity index (χ3n) is 9.09. The molecule has 59 heavy (non-hydrogen) atoms. The van der Waals surface area contributed by atoms with Gasteiger partial charge in [0, 0.05) is 6.07 Å². The molecule has 0 heterocycles. The molecule has 0 fully saturated rings. The SMILES string of the molecule is O=C(COc1ccc(/C=C/c2cc(OCC(=O)NC(CO)Cc3ccccc3)cc(OCC(=O)NC(CO)Cc3ccccc3)c2)cc1)NC(CO)Cc1ccccc1. The summed E-state index contributed by atoms with van der Waals surface area (Å²) in [5.41, 5.74) is 4.42. The maximum atomic E-state index is 12.9. The number of hydrogen-bond donors (Lipinski definition) is 6. The minimum atomic E-state index is -0.498. The summed E-state index contributed by atoms with van der Waals surface area (Å²) in [6, 6.07) is 39.4. The Bertz CT molecular complexity index is 1980. The van der Waals surface area contributed by atoms with Gasteiger partial charge in [0.25, 0.3) is 17.7 Å². The highest BCUT2D eigenvalue weighted by atomic mass is 16.5. The summed E-state index contributed by atoms with van der Waals surface area (Å²) < 4.78 is 17.4. The number of rotatable bonds is 23. The monoisotopic (exact) mass is 801 g/mol. The Morgan fingerprint density at radius 3 is 1.14 bits per heavy atom. The molecule has 5 rings (SSSR count). The molecular formula is C47H51N3O9. The van der Waals surface area contributed by atoms with E-state index in [1.165, 1.54) is 0 Å². The van der Waals surface area contributed by atoms with E-state index in [0.717, 1.165) is 22.3 Å². The Morgan fingerprint density at radius 2 is 0.780 bits per heavy atom. The highest BCUT2D eigenvalue weighted by molar-refractivity contribution is 5.79. The van der Waals surface area contributed by atoms with Gasteiger partial charge in [-0.3, -0.25) is 14.4 Å². The van der Waals surface area contributed by atoms with Crippen LogP contribution in [0.4, 0.5) is 0 Å². The minimum absolute atomic E-state index is 0.199. The van der Waals surface area contributed by atoms with Crippen LogP contribution in [-0.4, -0.2) is 90.8 Å². The van der Waals surface area contributed by atoms with Gasteiger partial charge in [0.2, 0.25) is 0 Å². The first-order valence-corrected chi connectivity index (χ1v) is 19.4. The van der Waals surface area contributed by atoms with Crippen LogP contribution in [0.5, 0.6) is 17.2 Å². The lowest BCUT2D eigenvalue weighted by Crippen LogP contribution is -2.41. The molecule has 3 unspecified atom stereocenters. The second-order valence-corrected chi connectivity index (χ2v) is 13.9. The molecular weight excluding hydrogens is 751 g/mol. The average molecular weight is 802 g/mol.